The third-order valence-electron chi connectivity index (χ3n) is 3.20. The van der Waals surface area contributed by atoms with Crippen molar-refractivity contribution in [1.29, 1.82) is 0 Å². The van der Waals surface area contributed by atoms with E-state index in [9.17, 15) is 9.18 Å². The summed E-state index contributed by atoms with van der Waals surface area (Å²) in [5.41, 5.74) is 0.852. The lowest BCUT2D eigenvalue weighted by molar-refractivity contribution is 0.0922. The molecule has 0 amide bonds. The monoisotopic (exact) mass is 261 g/mol. The van der Waals surface area contributed by atoms with Crippen LogP contribution in [0.15, 0.2) is 24.8 Å². The first kappa shape index (κ1) is 13.4. The molecular formula is C14H16FN3O. The number of nitrogens with zero attached hydrogens (tertiary/aromatic N) is 3. The van der Waals surface area contributed by atoms with Gasteiger partial charge in [-0.3, -0.25) is 9.36 Å². The molecule has 2 aromatic rings. The molecule has 0 aliphatic carbocycles. The quantitative estimate of drug-likeness (QED) is 0.795. The Hall–Kier alpha value is -2.04. The Labute approximate surface area is 111 Å². The highest BCUT2D eigenvalue weighted by Gasteiger charge is 2.17. The van der Waals surface area contributed by atoms with Crippen molar-refractivity contribution in [2.45, 2.75) is 27.2 Å². The maximum Gasteiger partial charge on any atom is 0.185 e. The third kappa shape index (κ3) is 2.54. The SMILES string of the molecule is CCC(C)C(=O)c1cn(-c2nccc(C)c2F)cn1. The Morgan fingerprint density at radius 1 is 1.47 bits per heavy atom. The summed E-state index contributed by atoms with van der Waals surface area (Å²) >= 11 is 0. The minimum absolute atomic E-state index is 0.0330. The summed E-state index contributed by atoms with van der Waals surface area (Å²) in [5.74, 6) is -0.355. The number of aromatic nitrogens is 3. The van der Waals surface area contributed by atoms with Crippen molar-refractivity contribution in [3.63, 3.8) is 0 Å². The van der Waals surface area contributed by atoms with Gasteiger partial charge in [-0.25, -0.2) is 14.4 Å². The average Bonchev–Trinajstić information content (AvgIpc) is 2.89. The first-order valence-electron chi connectivity index (χ1n) is 6.24. The second-order valence-electron chi connectivity index (χ2n) is 4.61. The lowest BCUT2D eigenvalue weighted by Gasteiger charge is -2.05. The van der Waals surface area contributed by atoms with Crippen molar-refractivity contribution in [2.75, 3.05) is 0 Å². The van der Waals surface area contributed by atoms with Crippen LogP contribution < -0.4 is 0 Å². The van der Waals surface area contributed by atoms with Crippen LogP contribution in [-0.2, 0) is 0 Å². The van der Waals surface area contributed by atoms with Crippen LogP contribution in [-0.4, -0.2) is 20.3 Å². The molecule has 0 fully saturated rings. The molecule has 0 saturated heterocycles. The Morgan fingerprint density at radius 3 is 2.89 bits per heavy atom. The number of hydrogen-bond donors (Lipinski definition) is 0. The van der Waals surface area contributed by atoms with Gasteiger partial charge in [-0.15, -0.1) is 0 Å². The molecular weight excluding hydrogens is 245 g/mol. The van der Waals surface area contributed by atoms with Crippen LogP contribution in [0.1, 0.15) is 36.3 Å². The van der Waals surface area contributed by atoms with E-state index < -0.39 is 5.82 Å². The minimum Gasteiger partial charge on any atom is -0.292 e. The second kappa shape index (κ2) is 5.30. The molecule has 0 radical (unpaired) electrons. The number of carbonyl (C=O) groups excluding carboxylic acids is 1. The van der Waals surface area contributed by atoms with Crippen molar-refractivity contribution in [2.24, 2.45) is 5.92 Å². The number of hydrogen-bond acceptors (Lipinski definition) is 3. The summed E-state index contributed by atoms with van der Waals surface area (Å²) in [6.45, 7) is 5.47. The minimum atomic E-state index is -0.401. The van der Waals surface area contributed by atoms with Gasteiger partial charge in [-0.1, -0.05) is 13.8 Å². The van der Waals surface area contributed by atoms with Crippen LogP contribution in [0.25, 0.3) is 5.82 Å². The lowest BCUT2D eigenvalue weighted by atomic mass is 10.0. The van der Waals surface area contributed by atoms with Gasteiger partial charge in [-0.05, 0) is 25.0 Å². The third-order valence-corrected chi connectivity index (χ3v) is 3.20. The zero-order valence-electron chi connectivity index (χ0n) is 11.2. The maximum absolute atomic E-state index is 13.9. The number of imidazole rings is 1. The van der Waals surface area contributed by atoms with Crippen molar-refractivity contribution in [3.05, 3.63) is 41.9 Å². The van der Waals surface area contributed by atoms with Gasteiger partial charge in [0.05, 0.1) is 0 Å². The van der Waals surface area contributed by atoms with E-state index >= 15 is 0 Å². The summed E-state index contributed by atoms with van der Waals surface area (Å²) in [7, 11) is 0. The molecule has 19 heavy (non-hydrogen) atoms. The van der Waals surface area contributed by atoms with Crippen molar-refractivity contribution in [3.8, 4) is 5.82 Å². The molecule has 1 unspecified atom stereocenters. The highest BCUT2D eigenvalue weighted by molar-refractivity contribution is 5.95. The van der Waals surface area contributed by atoms with Gasteiger partial charge in [-0.2, -0.15) is 0 Å². The Kier molecular flexibility index (Phi) is 3.74. The van der Waals surface area contributed by atoms with Crippen LogP contribution in [0.5, 0.6) is 0 Å². The van der Waals surface area contributed by atoms with Crippen molar-refractivity contribution >= 4 is 5.78 Å². The molecule has 100 valence electrons. The van der Waals surface area contributed by atoms with Crippen LogP contribution >= 0.6 is 0 Å². The van der Waals surface area contributed by atoms with Crippen LogP contribution in [0, 0.1) is 18.7 Å². The van der Waals surface area contributed by atoms with E-state index in [0.29, 0.717) is 11.3 Å². The topological polar surface area (TPSA) is 47.8 Å². The molecule has 0 bridgehead atoms. The van der Waals surface area contributed by atoms with E-state index in [1.165, 1.54) is 23.3 Å². The molecule has 1 atom stereocenters. The second-order valence-corrected chi connectivity index (χ2v) is 4.61. The molecule has 0 aliphatic heterocycles. The van der Waals surface area contributed by atoms with E-state index in [2.05, 4.69) is 9.97 Å². The van der Waals surface area contributed by atoms with Gasteiger partial charge < -0.3 is 0 Å². The van der Waals surface area contributed by atoms with E-state index in [1.54, 1.807) is 13.0 Å². The van der Waals surface area contributed by atoms with Crippen molar-refractivity contribution < 1.29 is 9.18 Å². The number of Topliss-reactive ketones (excluding diaryl/α,β-unsaturated/α-hetero) is 1. The molecule has 0 aromatic carbocycles. The summed E-state index contributed by atoms with van der Waals surface area (Å²) in [4.78, 5) is 20.0. The van der Waals surface area contributed by atoms with Crippen LogP contribution in [0.3, 0.4) is 0 Å². The number of carbonyl (C=O) groups is 1. The maximum atomic E-state index is 13.9. The van der Waals surface area contributed by atoms with Gasteiger partial charge in [0.15, 0.2) is 17.4 Å². The normalized spacial score (nSPS) is 12.4. The number of pyridine rings is 1. The highest BCUT2D eigenvalue weighted by Crippen LogP contribution is 2.16. The molecule has 0 spiro atoms. The van der Waals surface area contributed by atoms with Crippen LogP contribution in [0.2, 0.25) is 0 Å². The Bertz CT molecular complexity index is 606. The van der Waals surface area contributed by atoms with Gasteiger partial charge in [0, 0.05) is 18.3 Å². The van der Waals surface area contributed by atoms with E-state index in [4.69, 9.17) is 0 Å². The molecule has 0 N–H and O–H groups in total. The molecule has 2 aromatic heterocycles. The molecule has 5 heteroatoms. The van der Waals surface area contributed by atoms with Crippen LogP contribution in [0.4, 0.5) is 4.39 Å². The molecule has 2 rings (SSSR count). The van der Waals surface area contributed by atoms with E-state index in [0.717, 1.165) is 6.42 Å². The van der Waals surface area contributed by atoms with E-state index in [-0.39, 0.29) is 17.5 Å². The summed E-state index contributed by atoms with van der Waals surface area (Å²) in [6.07, 6.45) is 5.23. The van der Waals surface area contributed by atoms with E-state index in [1.807, 2.05) is 13.8 Å². The fraction of sp³-hybridized carbons (Fsp3) is 0.357. The van der Waals surface area contributed by atoms with Gasteiger partial charge in [0.2, 0.25) is 0 Å². The fourth-order valence-corrected chi connectivity index (χ4v) is 1.71. The van der Waals surface area contributed by atoms with Crippen molar-refractivity contribution in [1.82, 2.24) is 14.5 Å². The molecule has 2 heterocycles. The van der Waals surface area contributed by atoms with Gasteiger partial charge >= 0.3 is 0 Å². The van der Waals surface area contributed by atoms with Gasteiger partial charge in [0.25, 0.3) is 0 Å². The number of halogens is 1. The number of aryl methyl sites for hydroxylation is 1. The largest absolute Gasteiger partial charge is 0.292 e. The molecule has 0 saturated carbocycles. The Balaban J connectivity index is 2.36. The molecule has 0 aliphatic rings. The Morgan fingerprint density at radius 2 is 2.21 bits per heavy atom. The number of rotatable bonds is 4. The lowest BCUT2D eigenvalue weighted by Crippen LogP contribution is -2.10. The molecule has 4 nitrogen and oxygen atoms in total. The summed E-state index contributed by atoms with van der Waals surface area (Å²) in [6, 6.07) is 1.60. The smallest absolute Gasteiger partial charge is 0.185 e. The summed E-state index contributed by atoms with van der Waals surface area (Å²) < 4.78 is 15.4. The highest BCUT2D eigenvalue weighted by atomic mass is 19.1. The summed E-state index contributed by atoms with van der Waals surface area (Å²) in [5, 5.41) is 0. The standard InChI is InChI=1S/C14H16FN3O/c1-4-9(2)13(19)11-7-18(8-17-11)14-12(15)10(3)5-6-16-14/h5-9H,4H2,1-3H3. The zero-order valence-corrected chi connectivity index (χ0v) is 11.2. The number of ketones is 1. The first-order chi connectivity index (χ1) is 9.04. The predicted molar refractivity (Wildman–Crippen MR) is 69.8 cm³/mol. The average molecular weight is 261 g/mol. The van der Waals surface area contributed by atoms with Gasteiger partial charge in [0.1, 0.15) is 12.0 Å². The first-order valence-corrected chi connectivity index (χ1v) is 6.24. The predicted octanol–water partition coefficient (Wildman–Crippen LogP) is 2.94. The fourth-order valence-electron chi connectivity index (χ4n) is 1.71. The zero-order chi connectivity index (χ0) is 14.0.